The fourth-order valence-electron chi connectivity index (χ4n) is 3.89. The van der Waals surface area contributed by atoms with Gasteiger partial charge in [0.15, 0.2) is 0 Å². The Bertz CT molecular complexity index is 463. The summed E-state index contributed by atoms with van der Waals surface area (Å²) in [7, 11) is 0. The average Bonchev–Trinajstić information content (AvgIpc) is 2.66. The van der Waals surface area contributed by atoms with Crippen LogP contribution in [0.4, 0.5) is 0 Å². The Morgan fingerprint density at radius 3 is 1.27 bits per heavy atom. The number of rotatable bonds is 12. The summed E-state index contributed by atoms with van der Waals surface area (Å²) >= 11 is 0. The van der Waals surface area contributed by atoms with E-state index in [4.69, 9.17) is 21.0 Å². The van der Waals surface area contributed by atoms with Gasteiger partial charge in [-0.1, -0.05) is 6.42 Å². The Morgan fingerprint density at radius 1 is 0.615 bits per heavy atom. The molecule has 1 rings (SSSR count). The van der Waals surface area contributed by atoms with E-state index in [1.54, 1.807) is 0 Å². The number of hydrogen-bond donors (Lipinski definition) is 0. The molecule has 26 heavy (non-hydrogen) atoms. The monoisotopic (exact) mass is 354 g/mol. The molecule has 0 aliphatic heterocycles. The minimum atomic E-state index is 0.512. The van der Waals surface area contributed by atoms with Crippen molar-refractivity contribution < 1.29 is 0 Å². The van der Waals surface area contributed by atoms with Gasteiger partial charge in [0.2, 0.25) is 0 Å². The van der Waals surface area contributed by atoms with Gasteiger partial charge in [0.25, 0.3) is 0 Å². The van der Waals surface area contributed by atoms with Gasteiger partial charge in [-0.15, -0.1) is 0 Å². The third-order valence-electron chi connectivity index (χ3n) is 5.08. The molecule has 6 nitrogen and oxygen atoms in total. The quantitative estimate of drug-likeness (QED) is 0.534. The zero-order chi connectivity index (χ0) is 19.0. The molecule has 0 aromatic rings. The zero-order valence-corrected chi connectivity index (χ0v) is 15.7. The molecule has 0 N–H and O–H groups in total. The maximum atomic E-state index is 8.84. The van der Waals surface area contributed by atoms with E-state index in [0.29, 0.717) is 37.5 Å². The summed E-state index contributed by atoms with van der Waals surface area (Å²) in [5, 5.41) is 35.3. The largest absolute Gasteiger partial charge is 0.301 e. The van der Waals surface area contributed by atoms with Crippen molar-refractivity contribution in [3.8, 4) is 24.3 Å². The molecule has 0 aromatic heterocycles. The van der Waals surface area contributed by atoms with Crippen molar-refractivity contribution in [3.63, 3.8) is 0 Å². The number of hydrogen-bond acceptors (Lipinski definition) is 6. The van der Waals surface area contributed by atoms with Crippen LogP contribution in [0.2, 0.25) is 0 Å². The molecule has 0 bridgehead atoms. The third-order valence-corrected chi connectivity index (χ3v) is 5.08. The molecule has 2 atom stereocenters. The van der Waals surface area contributed by atoms with E-state index < -0.39 is 0 Å². The summed E-state index contributed by atoms with van der Waals surface area (Å²) in [6.45, 7) is 4.92. The molecule has 0 aromatic carbocycles. The van der Waals surface area contributed by atoms with Crippen LogP contribution in [0.15, 0.2) is 0 Å². The van der Waals surface area contributed by atoms with Crippen molar-refractivity contribution in [3.05, 3.63) is 0 Å². The Hall–Kier alpha value is -2.12. The second-order valence-corrected chi connectivity index (χ2v) is 7.13. The minimum Gasteiger partial charge on any atom is -0.301 e. The summed E-state index contributed by atoms with van der Waals surface area (Å²) in [6, 6.07) is 8.81. The van der Waals surface area contributed by atoms with Gasteiger partial charge in [-0.05, 0) is 31.1 Å². The van der Waals surface area contributed by atoms with Crippen LogP contribution in [-0.2, 0) is 0 Å². The van der Waals surface area contributed by atoms with E-state index in [2.05, 4.69) is 34.1 Å². The van der Waals surface area contributed by atoms with Crippen LogP contribution in [0.5, 0.6) is 0 Å². The maximum absolute atomic E-state index is 8.84. The lowest BCUT2D eigenvalue weighted by Crippen LogP contribution is -2.37. The Kier molecular flexibility index (Phi) is 11.9. The van der Waals surface area contributed by atoms with Gasteiger partial charge in [-0.3, -0.25) is 0 Å². The van der Waals surface area contributed by atoms with Gasteiger partial charge < -0.3 is 9.80 Å². The van der Waals surface area contributed by atoms with Crippen LogP contribution in [0.3, 0.4) is 0 Å². The molecular formula is C20H30N6. The maximum Gasteiger partial charge on any atom is 0.0635 e. The summed E-state index contributed by atoms with van der Waals surface area (Å²) in [4.78, 5) is 4.53. The molecule has 6 heteroatoms. The summed E-state index contributed by atoms with van der Waals surface area (Å²) in [5.74, 6) is 1.22. The normalized spacial score (nSPS) is 19.5. The Balaban J connectivity index is 2.52. The Morgan fingerprint density at radius 2 is 0.962 bits per heavy atom. The molecule has 140 valence electrons. The van der Waals surface area contributed by atoms with Gasteiger partial charge in [0, 0.05) is 65.0 Å². The zero-order valence-electron chi connectivity index (χ0n) is 15.7. The van der Waals surface area contributed by atoms with Crippen molar-refractivity contribution in [2.24, 2.45) is 11.8 Å². The first-order valence-corrected chi connectivity index (χ1v) is 9.66. The van der Waals surface area contributed by atoms with Gasteiger partial charge in [0.05, 0.1) is 24.3 Å². The van der Waals surface area contributed by atoms with E-state index in [9.17, 15) is 0 Å². The fourth-order valence-corrected chi connectivity index (χ4v) is 3.89. The predicted octanol–water partition coefficient (Wildman–Crippen LogP) is 3.05. The van der Waals surface area contributed by atoms with Crippen LogP contribution in [0.1, 0.15) is 51.4 Å². The molecule has 0 heterocycles. The average molecular weight is 355 g/mol. The molecule has 0 saturated heterocycles. The van der Waals surface area contributed by atoms with E-state index in [1.807, 2.05) is 0 Å². The highest BCUT2D eigenvalue weighted by molar-refractivity contribution is 4.83. The smallest absolute Gasteiger partial charge is 0.0635 e. The SMILES string of the molecule is N#CCCN(CCC#N)CC1CCCC(CN(CCC#N)CCC#N)C1. The van der Waals surface area contributed by atoms with Gasteiger partial charge in [-0.2, -0.15) is 21.0 Å². The highest BCUT2D eigenvalue weighted by atomic mass is 15.1. The molecule has 0 radical (unpaired) electrons. The fraction of sp³-hybridized carbons (Fsp3) is 0.800. The van der Waals surface area contributed by atoms with E-state index >= 15 is 0 Å². The first-order chi connectivity index (χ1) is 12.7. The van der Waals surface area contributed by atoms with Gasteiger partial charge in [-0.25, -0.2) is 0 Å². The van der Waals surface area contributed by atoms with Crippen molar-refractivity contribution in [2.45, 2.75) is 51.4 Å². The minimum absolute atomic E-state index is 0.512. The molecule has 0 spiro atoms. The highest BCUT2D eigenvalue weighted by Crippen LogP contribution is 2.30. The Labute approximate surface area is 158 Å². The summed E-state index contributed by atoms with van der Waals surface area (Å²) in [6.07, 6.45) is 6.84. The predicted molar refractivity (Wildman–Crippen MR) is 99.2 cm³/mol. The molecule has 1 saturated carbocycles. The standard InChI is InChI=1S/C20H30N6/c21-8-2-12-25(13-3-9-22)17-19-6-1-7-20(16-19)18-26(14-4-10-23)15-5-11-24/h19-20H,1-7,12-18H2. The summed E-state index contributed by atoms with van der Waals surface area (Å²) < 4.78 is 0. The van der Waals surface area contributed by atoms with E-state index in [0.717, 1.165) is 45.7 Å². The molecule has 1 fully saturated rings. The van der Waals surface area contributed by atoms with Crippen LogP contribution in [-0.4, -0.2) is 49.1 Å². The molecular weight excluding hydrogens is 324 g/mol. The third kappa shape index (κ3) is 9.39. The lowest BCUT2D eigenvalue weighted by Gasteiger charge is -2.35. The molecule has 1 aliphatic rings. The molecule has 1 aliphatic carbocycles. The second-order valence-electron chi connectivity index (χ2n) is 7.13. The molecule has 0 amide bonds. The summed E-state index contributed by atoms with van der Waals surface area (Å²) in [5.41, 5.74) is 0. The van der Waals surface area contributed by atoms with Gasteiger partial charge in [0.1, 0.15) is 0 Å². The number of nitrogens with zero attached hydrogens (tertiary/aromatic N) is 6. The van der Waals surface area contributed by atoms with Crippen LogP contribution >= 0.6 is 0 Å². The van der Waals surface area contributed by atoms with Crippen molar-refractivity contribution in [1.29, 1.82) is 21.0 Å². The highest BCUT2D eigenvalue weighted by Gasteiger charge is 2.25. The van der Waals surface area contributed by atoms with Crippen LogP contribution < -0.4 is 0 Å². The first kappa shape index (κ1) is 21.9. The van der Waals surface area contributed by atoms with Crippen molar-refractivity contribution in [1.82, 2.24) is 9.80 Å². The number of nitriles is 4. The van der Waals surface area contributed by atoms with Crippen molar-refractivity contribution >= 4 is 0 Å². The topological polar surface area (TPSA) is 102 Å². The van der Waals surface area contributed by atoms with Crippen LogP contribution in [0, 0.1) is 57.2 Å². The van der Waals surface area contributed by atoms with E-state index in [-0.39, 0.29) is 0 Å². The first-order valence-electron chi connectivity index (χ1n) is 9.66. The van der Waals surface area contributed by atoms with E-state index in [1.165, 1.54) is 19.3 Å². The molecule has 2 unspecified atom stereocenters. The van der Waals surface area contributed by atoms with Gasteiger partial charge >= 0.3 is 0 Å². The lowest BCUT2D eigenvalue weighted by atomic mass is 9.80. The second kappa shape index (κ2) is 14.1. The van der Waals surface area contributed by atoms with Crippen molar-refractivity contribution in [2.75, 3.05) is 39.3 Å². The lowest BCUT2D eigenvalue weighted by molar-refractivity contribution is 0.145. The van der Waals surface area contributed by atoms with Crippen LogP contribution in [0.25, 0.3) is 0 Å².